The van der Waals surface area contributed by atoms with Gasteiger partial charge in [0.2, 0.25) is 0 Å². The van der Waals surface area contributed by atoms with E-state index in [1.807, 2.05) is 0 Å². The number of halogens is 2. The summed E-state index contributed by atoms with van der Waals surface area (Å²) in [6.45, 7) is 0. The summed E-state index contributed by atoms with van der Waals surface area (Å²) >= 11 is 11.3. The van der Waals surface area contributed by atoms with Gasteiger partial charge in [-0.05, 0) is 18.2 Å². The molecule has 0 saturated heterocycles. The fourth-order valence-electron chi connectivity index (χ4n) is 1.34. The molecular formula is C12H11Cl2N3O5S. The maximum Gasteiger partial charge on any atom is 0.269 e. The van der Waals surface area contributed by atoms with Gasteiger partial charge in [-0.3, -0.25) is 10.1 Å². The summed E-state index contributed by atoms with van der Waals surface area (Å²) in [5.74, 6) is 0. The predicted molar refractivity (Wildman–Crippen MR) is 84.5 cm³/mol. The molecule has 2 aromatic carbocycles. The van der Waals surface area contributed by atoms with Crippen molar-refractivity contribution in [3.63, 3.8) is 0 Å². The molecule has 5 N–H and O–H groups in total. The molecule has 0 heterocycles. The molecule has 8 nitrogen and oxygen atoms in total. The number of nitro benzene ring substituents is 1. The number of non-ortho nitro benzene ring substituents is 1. The molecule has 11 heteroatoms. The number of hydrogen-bond acceptors (Lipinski definition) is 6. The summed E-state index contributed by atoms with van der Waals surface area (Å²) in [7, 11) is -4.52. The molecule has 2 rings (SSSR count). The number of nitrogens with two attached hydrogens (primary N) is 1. The molecule has 0 spiro atoms. The van der Waals surface area contributed by atoms with Crippen LogP contribution in [0.1, 0.15) is 0 Å². The van der Waals surface area contributed by atoms with Gasteiger partial charge in [0.05, 0.1) is 20.5 Å². The van der Waals surface area contributed by atoms with Gasteiger partial charge in [-0.2, -0.15) is 0 Å². The van der Waals surface area contributed by atoms with Crippen molar-refractivity contribution in [2.45, 2.75) is 4.90 Å². The lowest BCUT2D eigenvalue weighted by Gasteiger charge is -2.04. The topological polar surface area (TPSA) is 154 Å². The molecular weight excluding hydrogens is 369 g/mol. The van der Waals surface area contributed by atoms with Crippen molar-refractivity contribution in [2.24, 2.45) is 0 Å². The van der Waals surface area contributed by atoms with Crippen LogP contribution in [0.3, 0.4) is 0 Å². The van der Waals surface area contributed by atoms with Crippen molar-refractivity contribution in [3.8, 4) is 0 Å². The Labute approximate surface area is 141 Å². The molecule has 0 aliphatic carbocycles. The van der Waals surface area contributed by atoms with Crippen LogP contribution in [0, 0.1) is 10.1 Å². The molecule has 0 amide bonds. The molecule has 0 atom stereocenters. The van der Waals surface area contributed by atoms with Gasteiger partial charge in [-0.15, -0.1) is 0 Å². The van der Waals surface area contributed by atoms with E-state index in [1.54, 1.807) is 12.1 Å². The van der Waals surface area contributed by atoms with Crippen LogP contribution >= 0.6 is 23.2 Å². The number of rotatable bonds is 2. The zero-order valence-electron chi connectivity index (χ0n) is 11.4. The zero-order valence-corrected chi connectivity index (χ0v) is 13.7. The van der Waals surface area contributed by atoms with E-state index in [0.717, 1.165) is 24.3 Å². The molecule has 0 saturated carbocycles. The number of nitrogens with zero attached hydrogens (tertiary/aromatic N) is 1. The first-order valence-electron chi connectivity index (χ1n) is 5.79. The van der Waals surface area contributed by atoms with E-state index < -0.39 is 19.9 Å². The molecule has 0 radical (unpaired) electrons. The van der Waals surface area contributed by atoms with E-state index in [0.29, 0.717) is 21.4 Å². The molecule has 0 bridgehead atoms. The lowest BCUT2D eigenvalue weighted by atomic mass is 10.3. The van der Waals surface area contributed by atoms with Crippen molar-refractivity contribution in [3.05, 3.63) is 56.6 Å². The smallest absolute Gasteiger partial charge is 0.269 e. The Bertz CT molecular complexity index is 775. The fourth-order valence-corrected chi connectivity index (χ4v) is 2.17. The molecule has 0 unspecified atom stereocenters. The highest BCUT2D eigenvalue weighted by Gasteiger charge is 2.06. The van der Waals surface area contributed by atoms with Crippen LogP contribution in [0.5, 0.6) is 0 Å². The van der Waals surface area contributed by atoms with Gasteiger partial charge < -0.3 is 16.0 Å². The van der Waals surface area contributed by atoms with Crippen LogP contribution in [0.4, 0.5) is 17.1 Å². The maximum absolute atomic E-state index is 10.4. The van der Waals surface area contributed by atoms with Crippen LogP contribution in [0.25, 0.3) is 0 Å². The highest BCUT2D eigenvalue weighted by atomic mass is 35.5. The molecule has 0 aromatic heterocycles. The van der Waals surface area contributed by atoms with E-state index in [4.69, 9.17) is 28.9 Å². The number of benzene rings is 2. The van der Waals surface area contributed by atoms with Crippen LogP contribution in [0.2, 0.25) is 10.0 Å². The quantitative estimate of drug-likeness (QED) is 0.351. The second-order valence-electron chi connectivity index (χ2n) is 4.17. The monoisotopic (exact) mass is 379 g/mol. The number of anilines is 1. The fraction of sp³-hybridized carbons (Fsp3) is 0. The minimum Gasteiger partial charge on any atom is -0.744 e. The van der Waals surface area contributed by atoms with E-state index >= 15 is 0 Å². The average Bonchev–Trinajstić information content (AvgIpc) is 2.45. The minimum atomic E-state index is -4.52. The molecule has 0 aliphatic rings. The third-order valence-corrected chi connectivity index (χ3v) is 4.03. The van der Waals surface area contributed by atoms with Gasteiger partial charge in [0.1, 0.15) is 20.8 Å². The van der Waals surface area contributed by atoms with E-state index in [9.17, 15) is 23.1 Å². The second-order valence-corrected chi connectivity index (χ2v) is 6.36. The highest BCUT2D eigenvalue weighted by Crippen LogP contribution is 2.27. The Morgan fingerprint density at radius 3 is 2.00 bits per heavy atom. The first-order chi connectivity index (χ1) is 10.5. The van der Waals surface area contributed by atoms with Crippen molar-refractivity contribution in [2.75, 3.05) is 5.73 Å². The van der Waals surface area contributed by atoms with Crippen LogP contribution in [0.15, 0.2) is 41.3 Å². The second kappa shape index (κ2) is 7.57. The van der Waals surface area contributed by atoms with Crippen molar-refractivity contribution < 1.29 is 23.6 Å². The summed E-state index contributed by atoms with van der Waals surface area (Å²) in [6, 6.07) is 6.96. The molecule has 23 heavy (non-hydrogen) atoms. The summed E-state index contributed by atoms with van der Waals surface area (Å²) in [4.78, 5) is 8.99. The zero-order chi connectivity index (χ0) is 17.8. The SMILES string of the molecule is Nc1cc(Cl)c([NH3+])cc1Cl.O=[N+]([O-])c1ccc(S(=O)(=O)[O-])cc1. The minimum absolute atomic E-state index is 0.257. The summed E-state index contributed by atoms with van der Waals surface area (Å²) in [5.41, 5.74) is 10.0. The van der Waals surface area contributed by atoms with Gasteiger partial charge >= 0.3 is 0 Å². The van der Waals surface area contributed by atoms with Crippen LogP contribution in [-0.4, -0.2) is 17.9 Å². The Balaban J connectivity index is 0.000000238. The number of nitrogen functional groups attached to an aromatic ring is 1. The Hall–Kier alpha value is -1.91. The van der Waals surface area contributed by atoms with Crippen LogP contribution < -0.4 is 11.5 Å². The summed E-state index contributed by atoms with van der Waals surface area (Å²) in [6.07, 6.45) is 0. The first-order valence-corrected chi connectivity index (χ1v) is 7.95. The first kappa shape index (κ1) is 19.1. The molecule has 2 aromatic rings. The van der Waals surface area contributed by atoms with Gasteiger partial charge in [0.15, 0.2) is 0 Å². The number of nitro groups is 1. The molecule has 0 fully saturated rings. The Morgan fingerprint density at radius 2 is 1.61 bits per heavy atom. The number of quaternary nitrogens is 1. The van der Waals surface area contributed by atoms with E-state index in [2.05, 4.69) is 5.73 Å². The molecule has 124 valence electrons. The van der Waals surface area contributed by atoms with Gasteiger partial charge in [0.25, 0.3) is 5.69 Å². The Morgan fingerprint density at radius 1 is 1.09 bits per heavy atom. The van der Waals surface area contributed by atoms with Crippen molar-refractivity contribution >= 4 is 50.4 Å². The third kappa shape index (κ3) is 5.66. The largest absolute Gasteiger partial charge is 0.744 e. The lowest BCUT2D eigenvalue weighted by molar-refractivity contribution is -0.384. The predicted octanol–water partition coefficient (Wildman–Crippen LogP) is 1.95. The lowest BCUT2D eigenvalue weighted by Crippen LogP contribution is -2.40. The van der Waals surface area contributed by atoms with Crippen molar-refractivity contribution in [1.82, 2.24) is 0 Å². The third-order valence-electron chi connectivity index (χ3n) is 2.50. The summed E-state index contributed by atoms with van der Waals surface area (Å²) < 4.78 is 31.2. The van der Waals surface area contributed by atoms with E-state index in [1.165, 1.54) is 0 Å². The van der Waals surface area contributed by atoms with Gasteiger partial charge in [-0.1, -0.05) is 23.2 Å². The van der Waals surface area contributed by atoms with E-state index in [-0.39, 0.29) is 5.69 Å². The van der Waals surface area contributed by atoms with Gasteiger partial charge in [0, 0.05) is 18.2 Å². The maximum atomic E-state index is 10.4. The normalized spacial score (nSPS) is 10.6. The van der Waals surface area contributed by atoms with Gasteiger partial charge in [-0.25, -0.2) is 8.42 Å². The number of hydrogen-bond donors (Lipinski definition) is 2. The Kier molecular flexibility index (Phi) is 6.30. The average molecular weight is 380 g/mol. The highest BCUT2D eigenvalue weighted by molar-refractivity contribution is 7.85. The van der Waals surface area contributed by atoms with Crippen molar-refractivity contribution in [1.29, 1.82) is 0 Å². The standard InChI is InChI=1S/C6H6Cl2N2.C6H5NO5S/c7-3-1-5(9)4(8)2-6(3)10;8-7(9)5-1-3-6(4-2-5)13(10,11)12/h1-2H,9-10H2;1-4H,(H,10,11,12). The van der Waals surface area contributed by atoms with Crippen LogP contribution in [-0.2, 0) is 10.1 Å². The molecule has 0 aliphatic heterocycles. The summed E-state index contributed by atoms with van der Waals surface area (Å²) in [5, 5.41) is 11.2.